The van der Waals surface area contributed by atoms with Crippen LogP contribution in [0.2, 0.25) is 0 Å². The number of esters is 1. The maximum atomic E-state index is 12.1. The molecule has 0 amide bonds. The van der Waals surface area contributed by atoms with Gasteiger partial charge in [-0.15, -0.1) is 0 Å². The number of carbonyl (C=O) groups excluding carboxylic acids is 1. The number of halogens is 1. The van der Waals surface area contributed by atoms with Gasteiger partial charge in [-0.05, 0) is 30.5 Å². The molecule has 0 aliphatic carbocycles. The monoisotopic (exact) mass is 322 g/mol. The van der Waals surface area contributed by atoms with Gasteiger partial charge in [0, 0.05) is 11.0 Å². The van der Waals surface area contributed by atoms with Crippen molar-refractivity contribution in [1.29, 1.82) is 0 Å². The Morgan fingerprint density at radius 1 is 1.21 bits per heavy atom. The summed E-state index contributed by atoms with van der Waals surface area (Å²) >= 11 is 3.40. The number of benzene rings is 1. The molecule has 1 aromatic carbocycles. The van der Waals surface area contributed by atoms with Crippen LogP contribution < -0.4 is 0 Å². The van der Waals surface area contributed by atoms with E-state index in [1.54, 1.807) is 0 Å². The average Bonchev–Trinajstić information content (AvgIpc) is 2.73. The third-order valence-corrected chi connectivity index (χ3v) is 3.78. The molecule has 0 aliphatic heterocycles. The van der Waals surface area contributed by atoms with Crippen LogP contribution in [-0.4, -0.2) is 11.0 Å². The van der Waals surface area contributed by atoms with Crippen molar-refractivity contribution < 1.29 is 9.53 Å². The summed E-state index contributed by atoms with van der Waals surface area (Å²) in [6.45, 7) is 4.22. The first-order valence-electron chi connectivity index (χ1n) is 6.08. The second-order valence-corrected chi connectivity index (χ2v) is 4.98. The molecule has 100 valence electrons. The lowest BCUT2D eigenvalue weighted by Crippen LogP contribution is -2.07. The van der Waals surface area contributed by atoms with Gasteiger partial charge in [0.1, 0.15) is 12.3 Å². The number of alkyl halides is 1. The Kier molecular flexibility index (Phi) is 4.43. The van der Waals surface area contributed by atoms with Crippen molar-refractivity contribution in [2.75, 3.05) is 0 Å². The quantitative estimate of drug-likeness (QED) is 0.685. The second kappa shape index (κ2) is 6.06. The lowest BCUT2D eigenvalue weighted by molar-refractivity contribution is 0.0465. The number of H-pyrrole nitrogens is 1. The molecule has 0 aliphatic rings. The van der Waals surface area contributed by atoms with Crippen LogP contribution in [0, 0.1) is 13.8 Å². The average molecular weight is 323 g/mol. The molecule has 0 bridgehead atoms. The smallest absolute Gasteiger partial charge is 0.355 e. The Bertz CT molecular complexity index is 575. The van der Waals surface area contributed by atoms with Gasteiger partial charge in [-0.2, -0.15) is 0 Å². The standard InChI is InChI=1S/C15H16BrNO2/c1-10-11(2)14(17-13(10)8-16)15(18)19-9-12-6-4-3-5-7-12/h3-7,17H,8-9H2,1-2H3/i17+1. The number of hydrogen-bond acceptors (Lipinski definition) is 2. The van der Waals surface area contributed by atoms with Crippen LogP contribution in [0.1, 0.15) is 32.9 Å². The Balaban J connectivity index is 2.08. The first-order valence-corrected chi connectivity index (χ1v) is 7.20. The highest BCUT2D eigenvalue weighted by Gasteiger charge is 2.17. The van der Waals surface area contributed by atoms with Gasteiger partial charge >= 0.3 is 5.97 Å². The van der Waals surface area contributed by atoms with Gasteiger partial charge in [-0.1, -0.05) is 46.3 Å². The van der Waals surface area contributed by atoms with E-state index >= 15 is 0 Å². The minimum atomic E-state index is -0.309. The summed E-state index contributed by atoms with van der Waals surface area (Å²) in [6, 6.07) is 9.66. The van der Waals surface area contributed by atoms with Crippen molar-refractivity contribution in [1.82, 2.24) is 4.98 Å². The molecule has 0 saturated carbocycles. The van der Waals surface area contributed by atoms with E-state index in [1.807, 2.05) is 44.2 Å². The summed E-state index contributed by atoms with van der Waals surface area (Å²) in [5, 5.41) is 0.700. The fourth-order valence-corrected chi connectivity index (χ4v) is 2.45. The van der Waals surface area contributed by atoms with Crippen LogP contribution in [0.5, 0.6) is 0 Å². The lowest BCUT2D eigenvalue weighted by Gasteiger charge is -2.04. The molecular weight excluding hydrogens is 307 g/mol. The van der Waals surface area contributed by atoms with Crippen LogP contribution >= 0.6 is 15.9 Å². The number of aromatic amines is 1. The Hall–Kier alpha value is -1.55. The zero-order valence-corrected chi connectivity index (χ0v) is 12.6. The molecule has 2 rings (SSSR count). The number of nitrogens with one attached hydrogen (secondary N) is 1. The van der Waals surface area contributed by atoms with E-state index in [4.69, 9.17) is 4.74 Å². The number of ether oxygens (including phenoxy) is 1. The van der Waals surface area contributed by atoms with Gasteiger partial charge < -0.3 is 9.72 Å². The number of hydrogen-bond donors (Lipinski definition) is 1. The summed E-state index contributed by atoms with van der Waals surface area (Å²) in [6.07, 6.45) is 0. The molecule has 1 aromatic heterocycles. The predicted octanol–water partition coefficient (Wildman–Crippen LogP) is 3.88. The van der Waals surface area contributed by atoms with Gasteiger partial charge in [0.2, 0.25) is 0 Å². The molecule has 0 unspecified atom stereocenters. The maximum Gasteiger partial charge on any atom is 0.355 e. The maximum absolute atomic E-state index is 12.1. The zero-order valence-electron chi connectivity index (χ0n) is 11.0. The van der Waals surface area contributed by atoms with E-state index in [-0.39, 0.29) is 5.97 Å². The normalized spacial score (nSPS) is 10.5. The first kappa shape index (κ1) is 13.9. The molecule has 0 saturated heterocycles. The van der Waals surface area contributed by atoms with Crippen LogP contribution in [0.15, 0.2) is 30.3 Å². The lowest BCUT2D eigenvalue weighted by atomic mass is 10.1. The Labute approximate surface area is 121 Å². The summed E-state index contributed by atoms with van der Waals surface area (Å²) in [7, 11) is 0. The van der Waals surface area contributed by atoms with Crippen LogP contribution in [-0.2, 0) is 16.7 Å². The van der Waals surface area contributed by atoms with Crippen LogP contribution in [0.25, 0.3) is 0 Å². The Morgan fingerprint density at radius 2 is 1.89 bits per heavy atom. The SMILES string of the molecule is Cc1c(CBr)[15nH]c(C(=O)OCc2ccccc2)c1C. The minimum Gasteiger partial charge on any atom is -0.456 e. The molecular formula is C15H16BrNO2. The third-order valence-electron chi connectivity index (χ3n) is 3.22. The van der Waals surface area contributed by atoms with Gasteiger partial charge in [-0.3, -0.25) is 0 Å². The number of aromatic nitrogens is 1. The molecule has 19 heavy (non-hydrogen) atoms. The summed E-state index contributed by atoms with van der Waals surface area (Å²) < 4.78 is 5.32. The molecule has 1 N–H and O–H groups in total. The highest BCUT2D eigenvalue weighted by molar-refractivity contribution is 9.08. The molecule has 4 heteroatoms. The highest BCUT2D eigenvalue weighted by Crippen LogP contribution is 2.20. The van der Waals surface area contributed by atoms with Crippen molar-refractivity contribution in [2.24, 2.45) is 0 Å². The van der Waals surface area contributed by atoms with Gasteiger partial charge in [0.25, 0.3) is 0 Å². The molecule has 3 nitrogen and oxygen atoms in total. The summed E-state index contributed by atoms with van der Waals surface area (Å²) in [4.78, 5) is 15.2. The largest absolute Gasteiger partial charge is 0.456 e. The van der Waals surface area contributed by atoms with E-state index in [9.17, 15) is 4.79 Å². The first-order chi connectivity index (χ1) is 9.13. The third kappa shape index (κ3) is 3.07. The summed E-state index contributed by atoms with van der Waals surface area (Å²) in [5.41, 5.74) is 4.60. The van der Waals surface area contributed by atoms with E-state index in [0.29, 0.717) is 17.6 Å². The van der Waals surface area contributed by atoms with Crippen LogP contribution in [0.4, 0.5) is 0 Å². The van der Waals surface area contributed by atoms with Gasteiger partial charge in [0.05, 0.1) is 0 Å². The fourth-order valence-electron chi connectivity index (χ4n) is 1.89. The van der Waals surface area contributed by atoms with E-state index in [0.717, 1.165) is 22.4 Å². The topological polar surface area (TPSA) is 42.1 Å². The number of rotatable bonds is 4. The number of carbonyl (C=O) groups is 1. The molecule has 0 fully saturated rings. The molecule has 0 atom stereocenters. The molecule has 0 radical (unpaired) electrons. The van der Waals surface area contributed by atoms with Crippen molar-refractivity contribution in [3.63, 3.8) is 0 Å². The van der Waals surface area contributed by atoms with E-state index in [2.05, 4.69) is 20.9 Å². The van der Waals surface area contributed by atoms with Gasteiger partial charge in [0.15, 0.2) is 0 Å². The second-order valence-electron chi connectivity index (χ2n) is 4.42. The molecule has 1 heterocycles. The van der Waals surface area contributed by atoms with E-state index < -0.39 is 0 Å². The van der Waals surface area contributed by atoms with Crippen molar-refractivity contribution in [3.05, 3.63) is 58.4 Å². The Morgan fingerprint density at radius 3 is 2.47 bits per heavy atom. The van der Waals surface area contributed by atoms with Crippen molar-refractivity contribution >= 4 is 21.9 Å². The molecule has 2 aromatic rings. The highest BCUT2D eigenvalue weighted by atomic mass is 79.9. The summed E-state index contributed by atoms with van der Waals surface area (Å²) in [5.74, 6) is -0.309. The van der Waals surface area contributed by atoms with Crippen molar-refractivity contribution in [2.45, 2.75) is 25.8 Å². The van der Waals surface area contributed by atoms with Crippen molar-refractivity contribution in [3.8, 4) is 0 Å². The zero-order chi connectivity index (χ0) is 13.8. The minimum absolute atomic E-state index is 0.292. The van der Waals surface area contributed by atoms with E-state index in [1.165, 1.54) is 0 Å². The molecule has 0 spiro atoms. The van der Waals surface area contributed by atoms with Gasteiger partial charge in [-0.25, -0.2) is 4.79 Å². The fraction of sp³-hybridized carbons (Fsp3) is 0.267. The predicted molar refractivity (Wildman–Crippen MR) is 78.5 cm³/mol. The van der Waals surface area contributed by atoms with Crippen LogP contribution in [0.3, 0.4) is 0 Å².